The number of methoxy groups -OCH3 is 1. The molecule has 0 spiro atoms. The van der Waals surface area contributed by atoms with Gasteiger partial charge in [0, 0.05) is 22.9 Å². The lowest BCUT2D eigenvalue weighted by Crippen LogP contribution is -2.44. The fraction of sp³-hybridized carbons (Fsp3) is 0.533. The number of carbonyl (C=O) groups excluding carboxylic acids is 1. The predicted molar refractivity (Wildman–Crippen MR) is 85.1 cm³/mol. The van der Waals surface area contributed by atoms with E-state index in [0.717, 1.165) is 31.1 Å². The third kappa shape index (κ3) is 3.47. The van der Waals surface area contributed by atoms with Gasteiger partial charge in [-0.3, -0.25) is 4.79 Å². The van der Waals surface area contributed by atoms with Crippen LogP contribution in [0, 0.1) is 0 Å². The molecule has 1 aromatic rings. The number of piperidine rings is 1. The molecule has 110 valence electrons. The zero-order valence-corrected chi connectivity index (χ0v) is 13.9. The van der Waals surface area contributed by atoms with Crippen LogP contribution in [0.5, 0.6) is 5.75 Å². The van der Waals surface area contributed by atoms with Gasteiger partial charge in [-0.2, -0.15) is 0 Å². The van der Waals surface area contributed by atoms with E-state index < -0.39 is 0 Å². The molecule has 1 aromatic carbocycles. The van der Waals surface area contributed by atoms with E-state index in [1.54, 1.807) is 25.3 Å². The number of hydrogen-bond acceptors (Lipinski definition) is 2. The van der Waals surface area contributed by atoms with Crippen molar-refractivity contribution >= 4 is 33.4 Å². The van der Waals surface area contributed by atoms with Gasteiger partial charge >= 0.3 is 0 Å². The predicted octanol–water partition coefficient (Wildman–Crippen LogP) is 4.13. The highest BCUT2D eigenvalue weighted by Gasteiger charge is 2.28. The van der Waals surface area contributed by atoms with Crippen LogP contribution in [0.2, 0.25) is 5.02 Å². The van der Waals surface area contributed by atoms with E-state index in [4.69, 9.17) is 16.3 Å². The molecular weight excluding hydrogens is 342 g/mol. The maximum atomic E-state index is 12.8. The Morgan fingerprint density at radius 1 is 1.50 bits per heavy atom. The summed E-state index contributed by atoms with van der Waals surface area (Å²) in [5.41, 5.74) is 0.596. The summed E-state index contributed by atoms with van der Waals surface area (Å²) in [5.74, 6) is 0.592. The smallest absolute Gasteiger partial charge is 0.257 e. The lowest BCUT2D eigenvalue weighted by atomic mass is 9.98. The minimum atomic E-state index is 0.0455. The van der Waals surface area contributed by atoms with Crippen LogP contribution in [0.4, 0.5) is 0 Å². The van der Waals surface area contributed by atoms with Gasteiger partial charge in [0.05, 0.1) is 12.7 Å². The number of hydrogen-bond donors (Lipinski definition) is 0. The largest absolute Gasteiger partial charge is 0.496 e. The van der Waals surface area contributed by atoms with Crippen LogP contribution in [0.1, 0.15) is 36.0 Å². The average molecular weight is 361 g/mol. The summed E-state index contributed by atoms with van der Waals surface area (Å²) in [6, 6.07) is 5.50. The molecule has 0 radical (unpaired) electrons. The van der Waals surface area contributed by atoms with E-state index in [0.29, 0.717) is 22.4 Å². The molecule has 3 nitrogen and oxygen atoms in total. The molecule has 0 N–H and O–H groups in total. The van der Waals surface area contributed by atoms with Crippen molar-refractivity contribution in [1.29, 1.82) is 0 Å². The number of alkyl halides is 1. The average Bonchev–Trinajstić information content (AvgIpc) is 2.47. The second kappa shape index (κ2) is 7.32. The molecule has 1 heterocycles. The molecule has 20 heavy (non-hydrogen) atoms. The summed E-state index contributed by atoms with van der Waals surface area (Å²) in [6.07, 6.45) is 4.33. The van der Waals surface area contributed by atoms with Crippen LogP contribution in [-0.2, 0) is 0 Å². The minimum Gasteiger partial charge on any atom is -0.496 e. The van der Waals surface area contributed by atoms with Crippen LogP contribution in [-0.4, -0.2) is 35.8 Å². The first-order valence-corrected chi connectivity index (χ1v) is 8.37. The van der Waals surface area contributed by atoms with E-state index in [9.17, 15) is 4.79 Å². The van der Waals surface area contributed by atoms with Crippen molar-refractivity contribution in [2.75, 3.05) is 19.0 Å². The highest BCUT2D eigenvalue weighted by molar-refractivity contribution is 9.09. The molecule has 1 fully saturated rings. The van der Waals surface area contributed by atoms with E-state index >= 15 is 0 Å². The van der Waals surface area contributed by atoms with Gasteiger partial charge in [-0.05, 0) is 43.9 Å². The summed E-state index contributed by atoms with van der Waals surface area (Å²) in [5, 5.41) is 1.49. The van der Waals surface area contributed by atoms with Crippen molar-refractivity contribution in [2.24, 2.45) is 0 Å². The van der Waals surface area contributed by atoms with Gasteiger partial charge in [-0.25, -0.2) is 0 Å². The molecule has 1 aliphatic rings. The number of likely N-dealkylation sites (tertiary alicyclic amines) is 1. The van der Waals surface area contributed by atoms with E-state index in [-0.39, 0.29) is 5.91 Å². The summed E-state index contributed by atoms with van der Waals surface area (Å²) in [7, 11) is 1.56. The lowest BCUT2D eigenvalue weighted by Gasteiger charge is -2.36. The number of rotatable bonds is 4. The van der Waals surface area contributed by atoms with Crippen molar-refractivity contribution in [3.05, 3.63) is 28.8 Å². The zero-order chi connectivity index (χ0) is 14.5. The van der Waals surface area contributed by atoms with Crippen LogP contribution < -0.4 is 4.74 Å². The molecule has 1 atom stereocenters. The topological polar surface area (TPSA) is 29.5 Å². The molecular formula is C15H19BrClNO2. The summed E-state index contributed by atoms with van der Waals surface area (Å²) >= 11 is 9.43. The van der Waals surface area contributed by atoms with Crippen molar-refractivity contribution in [3.8, 4) is 5.75 Å². The van der Waals surface area contributed by atoms with Crippen molar-refractivity contribution in [1.82, 2.24) is 4.90 Å². The van der Waals surface area contributed by atoms with Crippen LogP contribution in [0.3, 0.4) is 0 Å². The van der Waals surface area contributed by atoms with Crippen molar-refractivity contribution in [3.63, 3.8) is 0 Å². The molecule has 1 amide bonds. The van der Waals surface area contributed by atoms with E-state index in [1.807, 2.05) is 4.90 Å². The lowest BCUT2D eigenvalue weighted by molar-refractivity contribution is 0.0606. The molecule has 1 unspecified atom stereocenters. The van der Waals surface area contributed by atoms with E-state index in [1.165, 1.54) is 6.42 Å². The Morgan fingerprint density at radius 3 is 3.00 bits per heavy atom. The highest BCUT2D eigenvalue weighted by Crippen LogP contribution is 2.28. The normalized spacial score (nSPS) is 18.9. The summed E-state index contributed by atoms with van der Waals surface area (Å²) < 4.78 is 5.29. The molecule has 0 bridgehead atoms. The Morgan fingerprint density at radius 2 is 2.30 bits per heavy atom. The molecule has 1 saturated heterocycles. The number of amides is 1. The number of ether oxygens (including phenoxy) is 1. The van der Waals surface area contributed by atoms with Crippen LogP contribution >= 0.6 is 27.5 Å². The maximum Gasteiger partial charge on any atom is 0.257 e. The van der Waals surface area contributed by atoms with Gasteiger partial charge in [0.1, 0.15) is 5.75 Å². The van der Waals surface area contributed by atoms with Gasteiger partial charge in [0.15, 0.2) is 0 Å². The Kier molecular flexibility index (Phi) is 5.73. The van der Waals surface area contributed by atoms with Gasteiger partial charge < -0.3 is 9.64 Å². The van der Waals surface area contributed by atoms with Gasteiger partial charge in [0.2, 0.25) is 0 Å². The first-order chi connectivity index (χ1) is 9.67. The van der Waals surface area contributed by atoms with Gasteiger partial charge in [0.25, 0.3) is 5.91 Å². The zero-order valence-electron chi connectivity index (χ0n) is 11.6. The van der Waals surface area contributed by atoms with E-state index in [2.05, 4.69) is 15.9 Å². The van der Waals surface area contributed by atoms with Gasteiger partial charge in [-0.15, -0.1) is 0 Å². The first kappa shape index (κ1) is 15.6. The molecule has 0 aliphatic carbocycles. The third-order valence-corrected chi connectivity index (χ3v) is 4.42. The molecule has 0 saturated carbocycles. The fourth-order valence-corrected chi connectivity index (χ4v) is 3.38. The molecule has 5 heteroatoms. The monoisotopic (exact) mass is 359 g/mol. The molecule has 1 aliphatic heterocycles. The first-order valence-electron chi connectivity index (χ1n) is 6.88. The standard InChI is InChI=1S/C15H19BrClNO2/c1-20-14-10-11(17)5-6-13(14)15(19)18-9-3-2-4-12(18)7-8-16/h5-6,10,12H,2-4,7-9H2,1H3. The third-order valence-electron chi connectivity index (χ3n) is 3.72. The van der Waals surface area contributed by atoms with Crippen molar-refractivity contribution in [2.45, 2.75) is 31.7 Å². The second-order valence-electron chi connectivity index (χ2n) is 4.97. The molecule has 2 rings (SSSR count). The van der Waals surface area contributed by atoms with Crippen LogP contribution in [0.15, 0.2) is 18.2 Å². The maximum absolute atomic E-state index is 12.8. The minimum absolute atomic E-state index is 0.0455. The SMILES string of the molecule is COc1cc(Cl)ccc1C(=O)N1CCCCC1CCBr. The Bertz CT molecular complexity index is 479. The number of benzene rings is 1. The Balaban J connectivity index is 2.24. The fourth-order valence-electron chi connectivity index (χ4n) is 2.69. The Hall–Kier alpha value is -0.740. The quantitative estimate of drug-likeness (QED) is 0.756. The number of halogens is 2. The summed E-state index contributed by atoms with van der Waals surface area (Å²) in [4.78, 5) is 14.7. The number of carbonyl (C=O) groups is 1. The summed E-state index contributed by atoms with van der Waals surface area (Å²) in [6.45, 7) is 0.822. The highest BCUT2D eigenvalue weighted by atomic mass is 79.9. The number of nitrogens with zero attached hydrogens (tertiary/aromatic N) is 1. The Labute approximate surface area is 133 Å². The van der Waals surface area contributed by atoms with Gasteiger partial charge in [-0.1, -0.05) is 27.5 Å². The second-order valence-corrected chi connectivity index (χ2v) is 6.20. The van der Waals surface area contributed by atoms with Crippen LogP contribution in [0.25, 0.3) is 0 Å². The molecule has 0 aromatic heterocycles. The van der Waals surface area contributed by atoms with Crippen molar-refractivity contribution < 1.29 is 9.53 Å².